The number of nitro groups is 1. The first-order valence-corrected chi connectivity index (χ1v) is 7.61. The van der Waals surface area contributed by atoms with Gasteiger partial charge in [-0.25, -0.2) is 4.98 Å². The van der Waals surface area contributed by atoms with Crippen LogP contribution < -0.4 is 5.32 Å². The van der Waals surface area contributed by atoms with Crippen molar-refractivity contribution in [3.05, 3.63) is 82.0 Å². The van der Waals surface area contributed by atoms with Crippen LogP contribution in [0.4, 0.5) is 5.69 Å². The summed E-state index contributed by atoms with van der Waals surface area (Å²) in [7, 11) is 0. The van der Waals surface area contributed by atoms with Gasteiger partial charge in [-0.15, -0.1) is 0 Å². The zero-order valence-corrected chi connectivity index (χ0v) is 13.1. The number of hydrogen-bond acceptors (Lipinski definition) is 5. The number of non-ortho nitro benzene ring substituents is 1. The molecule has 0 saturated heterocycles. The van der Waals surface area contributed by atoms with Gasteiger partial charge in [-0.2, -0.15) is 0 Å². The first-order chi connectivity index (χ1) is 12.0. The fraction of sp³-hybridized carbons (Fsp3) is 0.111. The van der Waals surface area contributed by atoms with Gasteiger partial charge in [-0.05, 0) is 29.8 Å². The van der Waals surface area contributed by atoms with Crippen LogP contribution in [0.25, 0.3) is 10.9 Å². The molecule has 1 atom stereocenters. The number of pyridine rings is 1. The molecule has 25 heavy (non-hydrogen) atoms. The zero-order valence-electron chi connectivity index (χ0n) is 13.1. The van der Waals surface area contributed by atoms with E-state index in [0.717, 1.165) is 5.39 Å². The van der Waals surface area contributed by atoms with Gasteiger partial charge < -0.3 is 10.4 Å². The molecule has 2 N–H and O–H groups in total. The number of benzene rings is 2. The van der Waals surface area contributed by atoms with Crippen LogP contribution in [0.5, 0.6) is 0 Å². The van der Waals surface area contributed by atoms with Crippen molar-refractivity contribution in [2.75, 3.05) is 6.54 Å². The molecule has 7 heteroatoms. The Morgan fingerprint density at radius 2 is 1.84 bits per heavy atom. The van der Waals surface area contributed by atoms with E-state index in [9.17, 15) is 20.0 Å². The normalized spacial score (nSPS) is 11.9. The molecule has 0 unspecified atom stereocenters. The average molecular weight is 337 g/mol. The Kier molecular flexibility index (Phi) is 4.67. The van der Waals surface area contributed by atoms with Gasteiger partial charge in [0.1, 0.15) is 5.69 Å². The van der Waals surface area contributed by atoms with E-state index in [2.05, 4.69) is 10.3 Å². The van der Waals surface area contributed by atoms with E-state index in [4.69, 9.17) is 0 Å². The van der Waals surface area contributed by atoms with Crippen molar-refractivity contribution in [1.82, 2.24) is 10.3 Å². The lowest BCUT2D eigenvalue weighted by atomic mass is 10.1. The molecule has 3 rings (SSSR count). The number of nitrogens with one attached hydrogen (secondary N) is 1. The van der Waals surface area contributed by atoms with Crippen LogP contribution >= 0.6 is 0 Å². The summed E-state index contributed by atoms with van der Waals surface area (Å²) in [5.41, 5.74) is 1.40. The van der Waals surface area contributed by atoms with E-state index in [0.29, 0.717) is 11.1 Å². The van der Waals surface area contributed by atoms with Gasteiger partial charge in [0.15, 0.2) is 0 Å². The predicted molar refractivity (Wildman–Crippen MR) is 92.1 cm³/mol. The van der Waals surface area contributed by atoms with Crippen molar-refractivity contribution >= 4 is 22.5 Å². The van der Waals surface area contributed by atoms with Crippen LogP contribution in [0.3, 0.4) is 0 Å². The predicted octanol–water partition coefficient (Wildman–Crippen LogP) is 2.61. The van der Waals surface area contributed by atoms with E-state index in [1.165, 1.54) is 24.3 Å². The molecule has 0 saturated carbocycles. The molecule has 2 aromatic carbocycles. The van der Waals surface area contributed by atoms with Gasteiger partial charge in [0, 0.05) is 24.1 Å². The number of carbonyl (C=O) groups is 1. The Balaban J connectivity index is 1.65. The summed E-state index contributed by atoms with van der Waals surface area (Å²) in [4.78, 5) is 26.6. The molecule has 7 nitrogen and oxygen atoms in total. The summed E-state index contributed by atoms with van der Waals surface area (Å²) in [5, 5.41) is 24.3. The standard InChI is InChI=1S/C18H15N3O4/c22-17(13-5-8-14(9-6-13)21(24)25)11-19-18(23)16-10-7-12-3-1-2-4-15(12)20-16/h1-10,17,22H,11H2,(H,19,23)/t17-/m0/s1. The average Bonchev–Trinajstić information content (AvgIpc) is 2.65. The van der Waals surface area contributed by atoms with Crippen molar-refractivity contribution in [1.29, 1.82) is 0 Å². The fourth-order valence-electron chi connectivity index (χ4n) is 2.41. The number of carbonyl (C=O) groups excluding carboxylic acids is 1. The van der Waals surface area contributed by atoms with Crippen LogP contribution in [0, 0.1) is 10.1 Å². The van der Waals surface area contributed by atoms with Crippen molar-refractivity contribution < 1.29 is 14.8 Å². The highest BCUT2D eigenvalue weighted by atomic mass is 16.6. The number of aliphatic hydroxyl groups is 1. The van der Waals surface area contributed by atoms with Crippen LogP contribution in [0.2, 0.25) is 0 Å². The van der Waals surface area contributed by atoms with E-state index >= 15 is 0 Å². The molecule has 0 aliphatic heterocycles. The van der Waals surface area contributed by atoms with Gasteiger partial charge in [0.05, 0.1) is 16.5 Å². The maximum Gasteiger partial charge on any atom is 0.270 e. The minimum absolute atomic E-state index is 0.0227. The lowest BCUT2D eigenvalue weighted by Gasteiger charge is -2.12. The van der Waals surface area contributed by atoms with Gasteiger partial charge >= 0.3 is 0 Å². The Labute approximate surface area is 143 Å². The smallest absolute Gasteiger partial charge is 0.270 e. The molecule has 3 aromatic rings. The largest absolute Gasteiger partial charge is 0.387 e. The lowest BCUT2D eigenvalue weighted by molar-refractivity contribution is -0.384. The van der Waals surface area contributed by atoms with Crippen molar-refractivity contribution in [3.8, 4) is 0 Å². The number of hydrogen-bond donors (Lipinski definition) is 2. The molecule has 0 radical (unpaired) electrons. The Morgan fingerprint density at radius 3 is 2.56 bits per heavy atom. The fourth-order valence-corrected chi connectivity index (χ4v) is 2.41. The van der Waals surface area contributed by atoms with Gasteiger partial charge in [-0.1, -0.05) is 24.3 Å². The van der Waals surface area contributed by atoms with Gasteiger partial charge in [0.2, 0.25) is 0 Å². The second-order valence-corrected chi connectivity index (χ2v) is 5.46. The number of para-hydroxylation sites is 1. The molecule has 0 aliphatic carbocycles. The highest BCUT2D eigenvalue weighted by molar-refractivity contribution is 5.94. The summed E-state index contributed by atoms with van der Waals surface area (Å²) < 4.78 is 0. The summed E-state index contributed by atoms with van der Waals surface area (Å²) in [6.45, 7) is -0.0227. The van der Waals surface area contributed by atoms with Crippen LogP contribution in [0.1, 0.15) is 22.2 Å². The van der Waals surface area contributed by atoms with Crippen LogP contribution in [-0.2, 0) is 0 Å². The number of fused-ring (bicyclic) bond motifs is 1. The molecule has 1 amide bonds. The van der Waals surface area contributed by atoms with E-state index in [-0.39, 0.29) is 17.9 Å². The molecule has 0 aliphatic rings. The number of amides is 1. The number of nitrogens with zero attached hydrogens (tertiary/aromatic N) is 2. The Bertz CT molecular complexity index is 925. The first-order valence-electron chi connectivity index (χ1n) is 7.61. The second-order valence-electron chi connectivity index (χ2n) is 5.46. The number of aliphatic hydroxyl groups excluding tert-OH is 1. The highest BCUT2D eigenvalue weighted by Crippen LogP contribution is 2.17. The van der Waals surface area contributed by atoms with Crippen molar-refractivity contribution in [2.45, 2.75) is 6.10 Å². The summed E-state index contributed by atoms with van der Waals surface area (Å²) in [6.07, 6.45) is -0.967. The lowest BCUT2D eigenvalue weighted by Crippen LogP contribution is -2.29. The Morgan fingerprint density at radius 1 is 1.12 bits per heavy atom. The highest BCUT2D eigenvalue weighted by Gasteiger charge is 2.13. The summed E-state index contributed by atoms with van der Waals surface area (Å²) in [5.74, 6) is -0.397. The number of nitro benzene ring substituents is 1. The van der Waals surface area contributed by atoms with Crippen molar-refractivity contribution in [3.63, 3.8) is 0 Å². The molecule has 0 spiro atoms. The molecular weight excluding hydrogens is 322 g/mol. The monoisotopic (exact) mass is 337 g/mol. The van der Waals surface area contributed by atoms with Gasteiger partial charge in [-0.3, -0.25) is 14.9 Å². The molecule has 126 valence electrons. The SMILES string of the molecule is O=C(NC[C@H](O)c1ccc([N+](=O)[O-])cc1)c1ccc2ccccc2n1. The van der Waals surface area contributed by atoms with E-state index < -0.39 is 16.9 Å². The topological polar surface area (TPSA) is 105 Å². The summed E-state index contributed by atoms with van der Waals surface area (Å²) >= 11 is 0. The first kappa shape index (κ1) is 16.5. The maximum atomic E-state index is 12.2. The van der Waals surface area contributed by atoms with Gasteiger partial charge in [0.25, 0.3) is 11.6 Å². The minimum Gasteiger partial charge on any atom is -0.387 e. The minimum atomic E-state index is -0.967. The number of aromatic nitrogens is 1. The van der Waals surface area contributed by atoms with Crippen LogP contribution in [-0.4, -0.2) is 27.5 Å². The molecule has 0 bridgehead atoms. The Hall–Kier alpha value is -3.32. The third-order valence-corrected chi connectivity index (χ3v) is 3.78. The zero-order chi connectivity index (χ0) is 17.8. The second kappa shape index (κ2) is 7.06. The van der Waals surface area contributed by atoms with Crippen LogP contribution in [0.15, 0.2) is 60.7 Å². The maximum absolute atomic E-state index is 12.2. The molecule has 1 aromatic heterocycles. The van der Waals surface area contributed by atoms with E-state index in [1.54, 1.807) is 6.07 Å². The third-order valence-electron chi connectivity index (χ3n) is 3.78. The summed E-state index contributed by atoms with van der Waals surface area (Å²) in [6, 6.07) is 16.4. The molecule has 1 heterocycles. The molecular formula is C18H15N3O4. The number of rotatable bonds is 5. The quantitative estimate of drug-likeness (QED) is 0.550. The van der Waals surface area contributed by atoms with Crippen molar-refractivity contribution in [2.24, 2.45) is 0 Å². The molecule has 0 fully saturated rings. The van der Waals surface area contributed by atoms with E-state index in [1.807, 2.05) is 30.3 Å². The third kappa shape index (κ3) is 3.78.